The van der Waals surface area contributed by atoms with Crippen molar-refractivity contribution in [2.45, 2.75) is 44.5 Å². The summed E-state index contributed by atoms with van der Waals surface area (Å²) < 4.78 is 7.35. The largest absolute Gasteiger partial charge is 0.493 e. The Morgan fingerprint density at radius 3 is 2.60 bits per heavy atom. The first-order valence-electron chi connectivity index (χ1n) is 5.30. The summed E-state index contributed by atoms with van der Waals surface area (Å²) in [5.74, 6) is 0.900. The van der Waals surface area contributed by atoms with E-state index < -0.39 is 0 Å². The van der Waals surface area contributed by atoms with Gasteiger partial charge >= 0.3 is 0 Å². The molecule has 0 aliphatic heterocycles. The third-order valence-corrected chi connectivity index (χ3v) is 2.81. The fourth-order valence-electron chi connectivity index (χ4n) is 1.56. The van der Waals surface area contributed by atoms with Gasteiger partial charge in [0.15, 0.2) is 5.75 Å². The molecule has 0 N–H and O–H groups in total. The van der Waals surface area contributed by atoms with E-state index in [2.05, 4.69) is 41.8 Å². The summed E-state index contributed by atoms with van der Waals surface area (Å²) in [5, 5.41) is 4.34. The van der Waals surface area contributed by atoms with E-state index in [1.807, 2.05) is 4.68 Å². The zero-order valence-electron chi connectivity index (χ0n) is 9.83. The molecule has 1 atom stereocenters. The Kier molecular flexibility index (Phi) is 4.64. The normalized spacial score (nSPS) is 13.2. The molecule has 1 unspecified atom stereocenters. The van der Waals surface area contributed by atoms with Crippen molar-refractivity contribution in [3.8, 4) is 5.75 Å². The smallest absolute Gasteiger partial charge is 0.159 e. The quantitative estimate of drug-likeness (QED) is 0.772. The molecule has 0 radical (unpaired) electrons. The molecule has 1 rings (SSSR count). The van der Waals surface area contributed by atoms with Crippen LogP contribution in [0.1, 0.15) is 38.9 Å². The summed E-state index contributed by atoms with van der Waals surface area (Å²) in [7, 11) is 1.70. The van der Waals surface area contributed by atoms with Gasteiger partial charge in [0.1, 0.15) is 0 Å². The standard InChI is InChI=1S/C11H19BrN2O/c1-8(2)14-10(6-5-9(3)12)11(15-4)7-13-14/h7-9H,5-6H2,1-4H3. The second-order valence-electron chi connectivity index (χ2n) is 4.02. The van der Waals surface area contributed by atoms with Crippen molar-refractivity contribution in [3.05, 3.63) is 11.9 Å². The summed E-state index contributed by atoms with van der Waals surface area (Å²) in [5.41, 5.74) is 1.19. The van der Waals surface area contributed by atoms with Crippen molar-refractivity contribution < 1.29 is 4.74 Å². The molecule has 1 aromatic rings. The van der Waals surface area contributed by atoms with Crippen LogP contribution >= 0.6 is 15.9 Å². The second kappa shape index (κ2) is 5.54. The molecule has 4 heteroatoms. The maximum Gasteiger partial charge on any atom is 0.159 e. The SMILES string of the molecule is COc1cnn(C(C)C)c1CCC(C)Br. The molecule has 0 bridgehead atoms. The lowest BCUT2D eigenvalue weighted by Crippen LogP contribution is -2.09. The lowest BCUT2D eigenvalue weighted by atomic mass is 10.2. The monoisotopic (exact) mass is 274 g/mol. The van der Waals surface area contributed by atoms with Crippen molar-refractivity contribution in [1.82, 2.24) is 9.78 Å². The Hall–Kier alpha value is -0.510. The first-order chi connectivity index (χ1) is 7.06. The summed E-state index contributed by atoms with van der Waals surface area (Å²) in [6, 6.07) is 0.384. The molecule has 0 saturated heterocycles. The number of rotatable bonds is 5. The van der Waals surface area contributed by atoms with Gasteiger partial charge in [0.25, 0.3) is 0 Å². The summed E-state index contributed by atoms with van der Waals surface area (Å²) in [4.78, 5) is 0.526. The molecular formula is C11H19BrN2O. The molecule has 0 saturated carbocycles. The van der Waals surface area contributed by atoms with Gasteiger partial charge in [-0.2, -0.15) is 5.10 Å². The molecule has 3 nitrogen and oxygen atoms in total. The van der Waals surface area contributed by atoms with Gasteiger partial charge < -0.3 is 4.74 Å². The molecule has 0 aliphatic carbocycles. The van der Waals surface area contributed by atoms with E-state index in [0.29, 0.717) is 10.9 Å². The zero-order chi connectivity index (χ0) is 11.4. The van der Waals surface area contributed by atoms with E-state index in [1.54, 1.807) is 13.3 Å². The molecular weight excluding hydrogens is 256 g/mol. The van der Waals surface area contributed by atoms with E-state index >= 15 is 0 Å². The van der Waals surface area contributed by atoms with E-state index in [4.69, 9.17) is 4.74 Å². The number of hydrogen-bond acceptors (Lipinski definition) is 2. The topological polar surface area (TPSA) is 27.1 Å². The number of nitrogens with zero attached hydrogens (tertiary/aromatic N) is 2. The van der Waals surface area contributed by atoms with E-state index in [-0.39, 0.29) is 0 Å². The van der Waals surface area contributed by atoms with Crippen LogP contribution in [0.4, 0.5) is 0 Å². The Morgan fingerprint density at radius 1 is 1.47 bits per heavy atom. The fraction of sp³-hybridized carbons (Fsp3) is 0.727. The van der Waals surface area contributed by atoms with Crippen LogP contribution in [0.2, 0.25) is 0 Å². The Labute approximate surface area is 99.9 Å². The average molecular weight is 275 g/mol. The van der Waals surface area contributed by atoms with Crippen LogP contribution in [-0.4, -0.2) is 21.7 Å². The third-order valence-electron chi connectivity index (χ3n) is 2.35. The minimum atomic E-state index is 0.384. The number of ether oxygens (including phenoxy) is 1. The van der Waals surface area contributed by atoms with Crippen molar-refractivity contribution in [2.75, 3.05) is 7.11 Å². The van der Waals surface area contributed by atoms with Gasteiger partial charge in [-0.05, 0) is 26.7 Å². The molecule has 0 spiro atoms. The maximum absolute atomic E-state index is 5.31. The summed E-state index contributed by atoms with van der Waals surface area (Å²) in [6.07, 6.45) is 3.89. The molecule has 0 aromatic carbocycles. The van der Waals surface area contributed by atoms with E-state index in [0.717, 1.165) is 18.6 Å². The van der Waals surface area contributed by atoms with Gasteiger partial charge in [0, 0.05) is 10.9 Å². The molecule has 1 heterocycles. The highest BCUT2D eigenvalue weighted by Crippen LogP contribution is 2.23. The van der Waals surface area contributed by atoms with Crippen LogP contribution in [0, 0.1) is 0 Å². The maximum atomic E-state index is 5.31. The minimum absolute atomic E-state index is 0.384. The van der Waals surface area contributed by atoms with Crippen LogP contribution in [0.25, 0.3) is 0 Å². The number of methoxy groups -OCH3 is 1. The number of hydrogen-bond donors (Lipinski definition) is 0. The van der Waals surface area contributed by atoms with E-state index in [9.17, 15) is 0 Å². The van der Waals surface area contributed by atoms with Gasteiger partial charge in [-0.3, -0.25) is 4.68 Å². The van der Waals surface area contributed by atoms with Crippen molar-refractivity contribution in [2.24, 2.45) is 0 Å². The number of halogens is 1. The van der Waals surface area contributed by atoms with Gasteiger partial charge in [0.2, 0.25) is 0 Å². The highest BCUT2D eigenvalue weighted by atomic mass is 79.9. The molecule has 1 aromatic heterocycles. The minimum Gasteiger partial charge on any atom is -0.493 e. The summed E-state index contributed by atoms with van der Waals surface area (Å²) in [6.45, 7) is 6.42. The number of alkyl halides is 1. The third kappa shape index (κ3) is 3.23. The predicted octanol–water partition coefficient (Wildman–Crippen LogP) is 3.19. The summed E-state index contributed by atoms with van der Waals surface area (Å²) >= 11 is 3.56. The fourth-order valence-corrected chi connectivity index (χ4v) is 1.79. The van der Waals surface area contributed by atoms with Crippen LogP contribution in [-0.2, 0) is 6.42 Å². The lowest BCUT2D eigenvalue weighted by Gasteiger charge is -2.12. The second-order valence-corrected chi connectivity index (χ2v) is 5.58. The van der Waals surface area contributed by atoms with Crippen LogP contribution in [0.5, 0.6) is 5.75 Å². The Morgan fingerprint density at radius 2 is 2.13 bits per heavy atom. The lowest BCUT2D eigenvalue weighted by molar-refractivity contribution is 0.403. The Bertz CT molecular complexity index is 308. The van der Waals surface area contributed by atoms with Gasteiger partial charge in [-0.15, -0.1) is 0 Å². The highest BCUT2D eigenvalue weighted by molar-refractivity contribution is 9.09. The van der Waals surface area contributed by atoms with Gasteiger partial charge in [-0.1, -0.05) is 22.9 Å². The van der Waals surface area contributed by atoms with Crippen molar-refractivity contribution in [3.63, 3.8) is 0 Å². The molecule has 0 amide bonds. The predicted molar refractivity (Wildman–Crippen MR) is 65.9 cm³/mol. The molecule has 86 valence electrons. The van der Waals surface area contributed by atoms with Crippen molar-refractivity contribution in [1.29, 1.82) is 0 Å². The van der Waals surface area contributed by atoms with Crippen LogP contribution < -0.4 is 4.74 Å². The Balaban J connectivity index is 2.85. The van der Waals surface area contributed by atoms with Gasteiger partial charge in [-0.25, -0.2) is 0 Å². The first-order valence-corrected chi connectivity index (χ1v) is 6.22. The zero-order valence-corrected chi connectivity index (χ0v) is 11.4. The number of aromatic nitrogens is 2. The van der Waals surface area contributed by atoms with Crippen LogP contribution in [0.15, 0.2) is 6.20 Å². The molecule has 0 fully saturated rings. The first kappa shape index (κ1) is 12.6. The van der Waals surface area contributed by atoms with Gasteiger partial charge in [0.05, 0.1) is 19.0 Å². The van der Waals surface area contributed by atoms with Crippen molar-refractivity contribution >= 4 is 15.9 Å². The molecule has 15 heavy (non-hydrogen) atoms. The average Bonchev–Trinajstić information content (AvgIpc) is 2.57. The van der Waals surface area contributed by atoms with Crippen LogP contribution in [0.3, 0.4) is 0 Å². The highest BCUT2D eigenvalue weighted by Gasteiger charge is 2.13. The molecule has 0 aliphatic rings. The van der Waals surface area contributed by atoms with E-state index in [1.165, 1.54) is 5.69 Å².